The Morgan fingerprint density at radius 2 is 2.00 bits per heavy atom. The van der Waals surface area contributed by atoms with E-state index in [1.807, 2.05) is 12.1 Å². The van der Waals surface area contributed by atoms with E-state index in [2.05, 4.69) is 37.9 Å². The van der Waals surface area contributed by atoms with Gasteiger partial charge in [-0.1, -0.05) is 38.6 Å². The largest absolute Gasteiger partial charge is 0.490 e. The average molecular weight is 259 g/mol. The van der Waals surface area contributed by atoms with Gasteiger partial charge in [0, 0.05) is 13.1 Å². The van der Waals surface area contributed by atoms with Gasteiger partial charge in [0.2, 0.25) is 0 Å². The van der Waals surface area contributed by atoms with Crippen LogP contribution in [0.2, 0.25) is 0 Å². The zero-order chi connectivity index (χ0) is 13.7. The third-order valence-corrected chi connectivity index (χ3v) is 4.21. The molecule has 0 unspecified atom stereocenters. The highest BCUT2D eigenvalue weighted by Gasteiger charge is 2.44. The first-order valence-electron chi connectivity index (χ1n) is 7.20. The van der Waals surface area contributed by atoms with Gasteiger partial charge >= 0.3 is 0 Å². The molecule has 0 aromatic heterocycles. The van der Waals surface area contributed by atoms with E-state index in [0.717, 1.165) is 24.8 Å². The van der Waals surface area contributed by atoms with Crippen molar-refractivity contribution < 1.29 is 4.74 Å². The zero-order valence-corrected chi connectivity index (χ0v) is 12.1. The molecule has 2 heteroatoms. The van der Waals surface area contributed by atoms with Crippen molar-refractivity contribution in [2.24, 2.45) is 11.3 Å². The predicted molar refractivity (Wildman–Crippen MR) is 80.3 cm³/mol. The van der Waals surface area contributed by atoms with Gasteiger partial charge in [0.15, 0.2) is 0 Å². The molecule has 1 saturated carbocycles. The second-order valence-corrected chi connectivity index (χ2v) is 5.86. The van der Waals surface area contributed by atoms with Crippen molar-refractivity contribution in [3.63, 3.8) is 0 Å². The normalized spacial score (nSPS) is 16.4. The van der Waals surface area contributed by atoms with Crippen LogP contribution in [0, 0.1) is 11.3 Å². The van der Waals surface area contributed by atoms with E-state index < -0.39 is 0 Å². The van der Waals surface area contributed by atoms with Gasteiger partial charge in [-0.25, -0.2) is 0 Å². The zero-order valence-electron chi connectivity index (χ0n) is 12.1. The second kappa shape index (κ2) is 6.25. The summed E-state index contributed by atoms with van der Waals surface area (Å²) >= 11 is 0. The van der Waals surface area contributed by atoms with Crippen molar-refractivity contribution in [2.45, 2.75) is 33.2 Å². The van der Waals surface area contributed by atoms with Gasteiger partial charge < -0.3 is 10.1 Å². The fourth-order valence-corrected chi connectivity index (χ4v) is 2.43. The Hall–Kier alpha value is -1.28. The second-order valence-electron chi connectivity index (χ2n) is 5.86. The summed E-state index contributed by atoms with van der Waals surface area (Å²) < 4.78 is 5.47. The van der Waals surface area contributed by atoms with E-state index in [-0.39, 0.29) is 0 Å². The van der Waals surface area contributed by atoms with Crippen molar-refractivity contribution in [3.05, 3.63) is 42.5 Å². The molecule has 2 rings (SSSR count). The maximum atomic E-state index is 5.47. The summed E-state index contributed by atoms with van der Waals surface area (Å²) in [5, 5.41) is 3.59. The highest BCUT2D eigenvalue weighted by molar-refractivity contribution is 5.27. The summed E-state index contributed by atoms with van der Waals surface area (Å²) in [5.74, 6) is 1.69. The molecule has 0 radical (unpaired) electrons. The quantitative estimate of drug-likeness (QED) is 0.717. The summed E-state index contributed by atoms with van der Waals surface area (Å²) in [7, 11) is 0. The molecule has 0 heterocycles. The Kier molecular flexibility index (Phi) is 4.65. The first-order valence-corrected chi connectivity index (χ1v) is 7.20. The number of rotatable bonds is 8. The lowest BCUT2D eigenvalue weighted by atomic mass is 9.92. The Morgan fingerprint density at radius 1 is 1.32 bits per heavy atom. The van der Waals surface area contributed by atoms with E-state index in [0.29, 0.717) is 12.0 Å². The van der Waals surface area contributed by atoms with E-state index >= 15 is 0 Å². The Bertz CT molecular complexity index is 404. The van der Waals surface area contributed by atoms with Gasteiger partial charge in [0.05, 0.1) is 0 Å². The lowest BCUT2D eigenvalue weighted by Crippen LogP contribution is -2.27. The molecule has 2 nitrogen and oxygen atoms in total. The maximum absolute atomic E-state index is 5.47. The van der Waals surface area contributed by atoms with Crippen LogP contribution in [0.1, 0.15) is 32.3 Å². The number of hydrogen-bond acceptors (Lipinski definition) is 2. The predicted octanol–water partition coefficient (Wildman–Crippen LogP) is 3.78. The van der Waals surface area contributed by atoms with Crippen LogP contribution < -0.4 is 10.1 Å². The molecule has 0 amide bonds. The van der Waals surface area contributed by atoms with Crippen molar-refractivity contribution in [2.75, 3.05) is 13.2 Å². The molecule has 1 N–H and O–H groups in total. The summed E-state index contributed by atoms with van der Waals surface area (Å²) in [4.78, 5) is 0. The first kappa shape index (κ1) is 14.1. The SMILES string of the molecule is C=CCOc1ccc(CNCC2(C(C)C)CC2)cc1. The summed E-state index contributed by atoms with van der Waals surface area (Å²) in [6.07, 6.45) is 4.52. The molecular weight excluding hydrogens is 234 g/mol. The molecule has 1 fully saturated rings. The van der Waals surface area contributed by atoms with Gasteiger partial charge in [-0.05, 0) is 41.9 Å². The molecule has 104 valence electrons. The van der Waals surface area contributed by atoms with Crippen LogP contribution in [0.4, 0.5) is 0 Å². The fraction of sp³-hybridized carbons (Fsp3) is 0.529. The van der Waals surface area contributed by atoms with Crippen LogP contribution in [-0.4, -0.2) is 13.2 Å². The molecule has 19 heavy (non-hydrogen) atoms. The van der Waals surface area contributed by atoms with Crippen LogP contribution >= 0.6 is 0 Å². The smallest absolute Gasteiger partial charge is 0.119 e. The van der Waals surface area contributed by atoms with Gasteiger partial charge in [0.1, 0.15) is 12.4 Å². The van der Waals surface area contributed by atoms with Gasteiger partial charge in [-0.15, -0.1) is 0 Å². The molecule has 0 aliphatic heterocycles. The van der Waals surface area contributed by atoms with Crippen molar-refractivity contribution in [1.82, 2.24) is 5.32 Å². The topological polar surface area (TPSA) is 21.3 Å². The number of hydrogen-bond donors (Lipinski definition) is 1. The average Bonchev–Trinajstić information content (AvgIpc) is 3.19. The fourth-order valence-electron chi connectivity index (χ4n) is 2.43. The summed E-state index contributed by atoms with van der Waals surface area (Å²) in [6, 6.07) is 8.30. The molecule has 1 aromatic rings. The molecule has 0 saturated heterocycles. The number of nitrogens with one attached hydrogen (secondary N) is 1. The highest BCUT2D eigenvalue weighted by Crippen LogP contribution is 2.51. The van der Waals surface area contributed by atoms with E-state index in [4.69, 9.17) is 4.74 Å². The third kappa shape index (κ3) is 3.84. The number of ether oxygens (including phenoxy) is 1. The molecule has 0 bridgehead atoms. The van der Waals surface area contributed by atoms with Crippen molar-refractivity contribution in [3.8, 4) is 5.75 Å². The molecule has 0 spiro atoms. The van der Waals surface area contributed by atoms with Crippen LogP contribution in [0.5, 0.6) is 5.75 Å². The van der Waals surface area contributed by atoms with Gasteiger partial charge in [-0.2, -0.15) is 0 Å². The minimum absolute atomic E-state index is 0.564. The lowest BCUT2D eigenvalue weighted by molar-refractivity contribution is 0.337. The summed E-state index contributed by atoms with van der Waals surface area (Å²) in [5.41, 5.74) is 1.89. The molecule has 1 aliphatic rings. The van der Waals surface area contributed by atoms with Crippen LogP contribution in [-0.2, 0) is 6.54 Å². The molecule has 1 aromatic carbocycles. The van der Waals surface area contributed by atoms with Crippen molar-refractivity contribution in [1.29, 1.82) is 0 Å². The van der Waals surface area contributed by atoms with Crippen LogP contribution in [0.25, 0.3) is 0 Å². The monoisotopic (exact) mass is 259 g/mol. The molecule has 0 atom stereocenters. The molecule has 1 aliphatic carbocycles. The minimum atomic E-state index is 0.564. The maximum Gasteiger partial charge on any atom is 0.119 e. The van der Waals surface area contributed by atoms with Crippen LogP contribution in [0.15, 0.2) is 36.9 Å². The Labute approximate surface area is 116 Å². The van der Waals surface area contributed by atoms with Crippen LogP contribution in [0.3, 0.4) is 0 Å². The minimum Gasteiger partial charge on any atom is -0.490 e. The van der Waals surface area contributed by atoms with E-state index in [9.17, 15) is 0 Å². The standard InChI is InChI=1S/C17H25NO/c1-4-11-19-16-7-5-15(6-8-16)12-18-13-17(9-10-17)14(2)3/h4-8,14,18H,1,9-13H2,2-3H3. The van der Waals surface area contributed by atoms with E-state index in [1.54, 1.807) is 6.08 Å². The Balaban J connectivity index is 1.75. The lowest BCUT2D eigenvalue weighted by Gasteiger charge is -2.20. The third-order valence-electron chi connectivity index (χ3n) is 4.21. The van der Waals surface area contributed by atoms with Crippen molar-refractivity contribution >= 4 is 0 Å². The first-order chi connectivity index (χ1) is 9.16. The molecular formula is C17H25NO. The highest BCUT2D eigenvalue weighted by atomic mass is 16.5. The van der Waals surface area contributed by atoms with Gasteiger partial charge in [0.25, 0.3) is 0 Å². The van der Waals surface area contributed by atoms with E-state index in [1.165, 1.54) is 18.4 Å². The Morgan fingerprint density at radius 3 is 2.53 bits per heavy atom. The van der Waals surface area contributed by atoms with Gasteiger partial charge in [-0.3, -0.25) is 0 Å². The number of benzene rings is 1. The summed E-state index contributed by atoms with van der Waals surface area (Å²) in [6.45, 7) is 11.0.